The van der Waals surface area contributed by atoms with Crippen molar-refractivity contribution in [1.29, 1.82) is 0 Å². The molecule has 9 heteroatoms. The lowest BCUT2D eigenvalue weighted by molar-refractivity contribution is -0.122. The number of methoxy groups -OCH3 is 1. The molecule has 0 unspecified atom stereocenters. The third-order valence-electron chi connectivity index (χ3n) is 6.02. The SMILES string of the molecule is COc1ccc(CN2C(=O)/C(=C\c3cc(I)c(OCc4ccccc4Cl)c(I)c3)SC2=Nc2ccccc2)cc1. The van der Waals surface area contributed by atoms with Gasteiger partial charge in [-0.25, -0.2) is 4.99 Å². The number of hydrogen-bond donors (Lipinski definition) is 0. The first kappa shape index (κ1) is 29.0. The summed E-state index contributed by atoms with van der Waals surface area (Å²) in [6.07, 6.45) is 1.92. The van der Waals surface area contributed by atoms with Crippen molar-refractivity contribution in [3.8, 4) is 11.5 Å². The van der Waals surface area contributed by atoms with Crippen LogP contribution in [0.25, 0.3) is 6.08 Å². The van der Waals surface area contributed by atoms with Gasteiger partial charge in [-0.2, -0.15) is 0 Å². The summed E-state index contributed by atoms with van der Waals surface area (Å²) in [4.78, 5) is 20.8. The van der Waals surface area contributed by atoms with Gasteiger partial charge in [-0.1, -0.05) is 60.1 Å². The monoisotopic (exact) mass is 792 g/mol. The Morgan fingerprint density at radius 2 is 1.62 bits per heavy atom. The van der Waals surface area contributed by atoms with Crippen LogP contribution in [0.4, 0.5) is 5.69 Å². The fraction of sp³-hybridized carbons (Fsp3) is 0.0968. The number of carbonyl (C=O) groups is 1. The second-order valence-electron chi connectivity index (χ2n) is 8.77. The molecule has 0 spiro atoms. The summed E-state index contributed by atoms with van der Waals surface area (Å²) in [5.74, 6) is 1.48. The maximum Gasteiger partial charge on any atom is 0.267 e. The van der Waals surface area contributed by atoms with Crippen LogP contribution in [0, 0.1) is 7.14 Å². The van der Waals surface area contributed by atoms with Gasteiger partial charge >= 0.3 is 0 Å². The van der Waals surface area contributed by atoms with E-state index in [-0.39, 0.29) is 5.91 Å². The van der Waals surface area contributed by atoms with Crippen LogP contribution in [-0.4, -0.2) is 23.1 Å². The van der Waals surface area contributed by atoms with Crippen molar-refractivity contribution in [1.82, 2.24) is 4.90 Å². The second-order valence-corrected chi connectivity index (χ2v) is 12.5. The molecule has 1 amide bonds. The number of para-hydroxylation sites is 1. The van der Waals surface area contributed by atoms with E-state index in [0.29, 0.717) is 28.2 Å². The second kappa shape index (κ2) is 13.4. The van der Waals surface area contributed by atoms with E-state index in [0.717, 1.165) is 41.0 Å². The molecule has 1 saturated heterocycles. The highest BCUT2D eigenvalue weighted by atomic mass is 127. The van der Waals surface area contributed by atoms with Crippen molar-refractivity contribution < 1.29 is 14.3 Å². The van der Waals surface area contributed by atoms with Gasteiger partial charge in [-0.15, -0.1) is 0 Å². The lowest BCUT2D eigenvalue weighted by Gasteiger charge is -2.16. The zero-order valence-corrected chi connectivity index (χ0v) is 27.2. The van der Waals surface area contributed by atoms with Crippen molar-refractivity contribution in [3.05, 3.63) is 125 Å². The maximum absolute atomic E-state index is 13.7. The number of amides is 1. The first-order valence-electron chi connectivity index (χ1n) is 12.2. The molecule has 5 nitrogen and oxygen atoms in total. The Morgan fingerprint density at radius 3 is 2.30 bits per heavy atom. The molecule has 0 bridgehead atoms. The number of rotatable bonds is 8. The first-order valence-corrected chi connectivity index (χ1v) is 15.6. The van der Waals surface area contributed by atoms with Gasteiger partial charge in [0.25, 0.3) is 5.91 Å². The highest BCUT2D eigenvalue weighted by molar-refractivity contribution is 14.1. The summed E-state index contributed by atoms with van der Waals surface area (Å²) >= 11 is 12.2. The maximum atomic E-state index is 13.7. The fourth-order valence-electron chi connectivity index (χ4n) is 3.97. The molecule has 40 heavy (non-hydrogen) atoms. The van der Waals surface area contributed by atoms with E-state index in [1.165, 1.54) is 11.8 Å². The van der Waals surface area contributed by atoms with Crippen molar-refractivity contribution in [2.75, 3.05) is 7.11 Å². The third-order valence-corrected chi connectivity index (χ3v) is 8.99. The van der Waals surface area contributed by atoms with E-state index >= 15 is 0 Å². The van der Waals surface area contributed by atoms with Crippen LogP contribution >= 0.6 is 68.5 Å². The summed E-state index contributed by atoms with van der Waals surface area (Å²) < 4.78 is 13.3. The Balaban J connectivity index is 1.41. The van der Waals surface area contributed by atoms with E-state index < -0.39 is 0 Å². The van der Waals surface area contributed by atoms with E-state index in [9.17, 15) is 4.79 Å². The minimum absolute atomic E-state index is 0.0837. The number of halogens is 3. The van der Waals surface area contributed by atoms with Crippen LogP contribution in [0.5, 0.6) is 11.5 Å². The number of amidine groups is 1. The Kier molecular flexibility index (Phi) is 9.72. The third kappa shape index (κ3) is 7.02. The lowest BCUT2D eigenvalue weighted by atomic mass is 10.2. The number of carbonyl (C=O) groups excluding carboxylic acids is 1. The molecule has 1 heterocycles. The number of nitrogens with zero attached hydrogens (tertiary/aromatic N) is 2. The zero-order chi connectivity index (χ0) is 28.1. The van der Waals surface area contributed by atoms with Crippen molar-refractivity contribution >= 4 is 91.4 Å². The van der Waals surface area contributed by atoms with Crippen molar-refractivity contribution in [2.45, 2.75) is 13.2 Å². The predicted octanol–water partition coefficient (Wildman–Crippen LogP) is 8.94. The Labute approximate surface area is 269 Å². The summed E-state index contributed by atoms with van der Waals surface area (Å²) in [5, 5.41) is 1.32. The molecule has 0 radical (unpaired) electrons. The molecule has 4 aromatic rings. The molecular weight excluding hydrogens is 770 g/mol. The summed E-state index contributed by atoms with van der Waals surface area (Å²) in [6.45, 7) is 0.781. The quantitative estimate of drug-likeness (QED) is 0.132. The van der Waals surface area contributed by atoms with Crippen LogP contribution in [-0.2, 0) is 17.9 Å². The number of hydrogen-bond acceptors (Lipinski definition) is 5. The fourth-order valence-corrected chi connectivity index (χ4v) is 7.29. The smallest absolute Gasteiger partial charge is 0.267 e. The summed E-state index contributed by atoms with van der Waals surface area (Å²) in [7, 11) is 1.64. The minimum atomic E-state index is -0.0837. The van der Waals surface area contributed by atoms with E-state index in [2.05, 4.69) is 45.2 Å². The van der Waals surface area contributed by atoms with Gasteiger partial charge in [0.05, 0.1) is 31.4 Å². The Hall–Kier alpha value is -2.54. The molecule has 1 aliphatic rings. The molecule has 1 aliphatic heterocycles. The number of thioether (sulfide) groups is 1. The molecular formula is C31H23ClI2N2O3S. The van der Waals surface area contributed by atoms with E-state index in [1.54, 1.807) is 12.0 Å². The first-order chi connectivity index (χ1) is 19.4. The van der Waals surface area contributed by atoms with Gasteiger partial charge in [-0.05, 0) is 117 Å². The average molecular weight is 793 g/mol. The zero-order valence-electron chi connectivity index (χ0n) is 21.3. The number of ether oxygens (including phenoxy) is 2. The number of benzene rings is 4. The van der Waals surface area contributed by atoms with Crippen LogP contribution < -0.4 is 9.47 Å². The van der Waals surface area contributed by atoms with Crippen LogP contribution in [0.1, 0.15) is 16.7 Å². The summed E-state index contributed by atoms with van der Waals surface area (Å²) in [5.41, 5.74) is 3.63. The van der Waals surface area contributed by atoms with Gasteiger partial charge in [0.2, 0.25) is 0 Å². The van der Waals surface area contributed by atoms with Gasteiger partial charge < -0.3 is 9.47 Å². The largest absolute Gasteiger partial charge is 0.497 e. The molecule has 0 atom stereocenters. The van der Waals surface area contributed by atoms with E-state index in [4.69, 9.17) is 26.1 Å². The van der Waals surface area contributed by atoms with Crippen LogP contribution in [0.15, 0.2) is 101 Å². The summed E-state index contributed by atoms with van der Waals surface area (Å²) in [6, 6.07) is 29.1. The highest BCUT2D eigenvalue weighted by Crippen LogP contribution is 2.37. The topological polar surface area (TPSA) is 51.1 Å². The Morgan fingerprint density at radius 1 is 0.950 bits per heavy atom. The molecule has 0 N–H and O–H groups in total. The molecule has 0 aliphatic carbocycles. The van der Waals surface area contributed by atoms with Gasteiger partial charge in [0.15, 0.2) is 5.17 Å². The van der Waals surface area contributed by atoms with Crippen LogP contribution in [0.3, 0.4) is 0 Å². The Bertz CT molecular complexity index is 1570. The van der Waals surface area contributed by atoms with Gasteiger partial charge in [0, 0.05) is 10.6 Å². The highest BCUT2D eigenvalue weighted by Gasteiger charge is 2.33. The molecule has 202 valence electrons. The minimum Gasteiger partial charge on any atom is -0.497 e. The molecule has 0 saturated carbocycles. The van der Waals surface area contributed by atoms with Gasteiger partial charge in [-0.3, -0.25) is 9.69 Å². The lowest BCUT2D eigenvalue weighted by Crippen LogP contribution is -2.28. The number of aliphatic imine (C=N–C) groups is 1. The van der Waals surface area contributed by atoms with E-state index in [1.807, 2.05) is 97.1 Å². The molecule has 5 rings (SSSR count). The molecule has 0 aromatic heterocycles. The van der Waals surface area contributed by atoms with Gasteiger partial charge in [0.1, 0.15) is 18.1 Å². The predicted molar refractivity (Wildman–Crippen MR) is 180 cm³/mol. The normalized spacial score (nSPS) is 15.2. The molecule has 4 aromatic carbocycles. The standard InChI is InChI=1S/C31H23ClI2N2O3S/c1-38-24-13-11-20(12-14-24)18-36-30(37)28(40-31(36)35-23-8-3-2-4-9-23)17-21-15-26(33)29(27(34)16-21)39-19-22-7-5-6-10-25(22)32/h2-17H,18-19H2,1H3/b28-17+,35-31?. The average Bonchev–Trinajstić information content (AvgIpc) is 3.23. The van der Waals surface area contributed by atoms with Crippen molar-refractivity contribution in [2.24, 2.45) is 4.99 Å². The molecule has 1 fully saturated rings. The van der Waals surface area contributed by atoms with Crippen LogP contribution in [0.2, 0.25) is 5.02 Å². The van der Waals surface area contributed by atoms with Crippen molar-refractivity contribution in [3.63, 3.8) is 0 Å².